The lowest BCUT2D eigenvalue weighted by Gasteiger charge is -2.32. The summed E-state index contributed by atoms with van der Waals surface area (Å²) in [7, 11) is 1.94. The van der Waals surface area contributed by atoms with Crippen LogP contribution >= 0.6 is 12.6 Å². The number of thiol groups is 1. The summed E-state index contributed by atoms with van der Waals surface area (Å²) in [5, 5.41) is 3.19. The number of amides is 1. The number of rotatable bonds is 2. The number of hydrogen-bond donors (Lipinski definition) is 2. The molecule has 1 atom stereocenters. The molecule has 0 bridgehead atoms. The van der Waals surface area contributed by atoms with Crippen LogP contribution in [0.25, 0.3) is 0 Å². The van der Waals surface area contributed by atoms with Gasteiger partial charge >= 0.3 is 0 Å². The van der Waals surface area contributed by atoms with Gasteiger partial charge in [0.2, 0.25) is 5.91 Å². The fourth-order valence-electron chi connectivity index (χ4n) is 1.54. The van der Waals surface area contributed by atoms with Crippen LogP contribution in [0.1, 0.15) is 12.8 Å². The number of nitrogens with one attached hydrogen (secondary N) is 1. The molecule has 0 aliphatic carbocycles. The number of carbonyl (C=O) groups excluding carboxylic acids is 1. The molecule has 1 amide bonds. The van der Waals surface area contributed by atoms with Crippen LogP contribution in [0.4, 0.5) is 0 Å². The molecule has 0 spiro atoms. The lowest BCUT2D eigenvalue weighted by atomic mass is 10.1. The zero-order chi connectivity index (χ0) is 8.97. The Hall–Kier alpha value is -0.220. The number of piperidine rings is 1. The van der Waals surface area contributed by atoms with Crippen LogP contribution in [0.2, 0.25) is 0 Å². The Morgan fingerprint density at radius 3 is 3.08 bits per heavy atom. The third-order valence-corrected chi connectivity index (χ3v) is 2.59. The Kier molecular flexibility index (Phi) is 3.88. The lowest BCUT2D eigenvalue weighted by molar-refractivity contribution is -0.129. The van der Waals surface area contributed by atoms with Gasteiger partial charge in [0.05, 0.1) is 5.75 Å². The Morgan fingerprint density at radius 1 is 1.75 bits per heavy atom. The van der Waals surface area contributed by atoms with Gasteiger partial charge in [0.25, 0.3) is 0 Å². The first-order valence-electron chi connectivity index (χ1n) is 4.34. The van der Waals surface area contributed by atoms with E-state index in [0.717, 1.165) is 19.5 Å². The van der Waals surface area contributed by atoms with Gasteiger partial charge in [-0.25, -0.2) is 0 Å². The maximum absolute atomic E-state index is 11.3. The Balaban J connectivity index is 2.40. The van der Waals surface area contributed by atoms with Crippen molar-refractivity contribution in [3.63, 3.8) is 0 Å². The third kappa shape index (κ3) is 2.38. The molecule has 0 aromatic rings. The molecular weight excluding hydrogens is 172 g/mol. The second kappa shape index (κ2) is 4.72. The van der Waals surface area contributed by atoms with E-state index >= 15 is 0 Å². The highest BCUT2D eigenvalue weighted by Gasteiger charge is 2.20. The average Bonchev–Trinajstić information content (AvgIpc) is 2.17. The predicted molar refractivity (Wildman–Crippen MR) is 52.5 cm³/mol. The van der Waals surface area contributed by atoms with Gasteiger partial charge in [-0.15, -0.1) is 0 Å². The molecule has 1 aliphatic rings. The van der Waals surface area contributed by atoms with Gasteiger partial charge in [-0.05, 0) is 19.9 Å². The van der Waals surface area contributed by atoms with Crippen molar-refractivity contribution in [2.24, 2.45) is 0 Å². The fourth-order valence-corrected chi connectivity index (χ4v) is 1.74. The van der Waals surface area contributed by atoms with Crippen molar-refractivity contribution in [3.05, 3.63) is 0 Å². The van der Waals surface area contributed by atoms with Gasteiger partial charge in [0.15, 0.2) is 0 Å². The third-order valence-electron chi connectivity index (χ3n) is 2.32. The Labute approximate surface area is 78.9 Å². The van der Waals surface area contributed by atoms with Crippen molar-refractivity contribution in [1.29, 1.82) is 0 Å². The van der Waals surface area contributed by atoms with Crippen LogP contribution in [0.3, 0.4) is 0 Å². The summed E-state index contributed by atoms with van der Waals surface area (Å²) in [5.74, 6) is 0.481. The van der Waals surface area contributed by atoms with Crippen molar-refractivity contribution < 1.29 is 4.79 Å². The summed E-state index contributed by atoms with van der Waals surface area (Å²) >= 11 is 3.97. The van der Waals surface area contributed by atoms with E-state index in [1.165, 1.54) is 6.42 Å². The predicted octanol–water partition coefficient (Wildman–Crippen LogP) is 0.127. The van der Waals surface area contributed by atoms with Crippen LogP contribution in [-0.4, -0.2) is 42.7 Å². The first-order valence-corrected chi connectivity index (χ1v) is 4.97. The number of likely N-dealkylation sites (tertiary alicyclic amines) is 1. The molecule has 3 nitrogen and oxygen atoms in total. The van der Waals surface area contributed by atoms with E-state index in [-0.39, 0.29) is 5.91 Å². The molecule has 1 unspecified atom stereocenters. The molecule has 1 saturated heterocycles. The summed E-state index contributed by atoms with van der Waals surface area (Å²) in [6.45, 7) is 1.74. The van der Waals surface area contributed by atoms with Crippen LogP contribution in [-0.2, 0) is 4.79 Å². The molecular formula is C8H16N2OS. The fraction of sp³-hybridized carbons (Fsp3) is 0.875. The van der Waals surface area contributed by atoms with Crippen molar-refractivity contribution in [1.82, 2.24) is 10.2 Å². The van der Waals surface area contributed by atoms with E-state index in [1.807, 2.05) is 11.9 Å². The minimum absolute atomic E-state index is 0.151. The van der Waals surface area contributed by atoms with Crippen LogP contribution in [0.5, 0.6) is 0 Å². The zero-order valence-electron chi connectivity index (χ0n) is 7.42. The van der Waals surface area contributed by atoms with E-state index in [9.17, 15) is 4.79 Å². The maximum Gasteiger partial charge on any atom is 0.232 e. The summed E-state index contributed by atoms with van der Waals surface area (Å²) in [4.78, 5) is 13.1. The van der Waals surface area contributed by atoms with Gasteiger partial charge in [0, 0.05) is 19.1 Å². The van der Waals surface area contributed by atoms with E-state index < -0.39 is 0 Å². The number of carbonyl (C=O) groups is 1. The van der Waals surface area contributed by atoms with Crippen molar-refractivity contribution >= 4 is 18.5 Å². The number of hydrogen-bond acceptors (Lipinski definition) is 3. The van der Waals surface area contributed by atoms with Crippen molar-refractivity contribution in [3.8, 4) is 0 Å². The van der Waals surface area contributed by atoms with E-state index in [1.54, 1.807) is 0 Å². The molecule has 12 heavy (non-hydrogen) atoms. The normalized spacial score (nSPS) is 24.2. The molecule has 1 aliphatic heterocycles. The van der Waals surface area contributed by atoms with Gasteiger partial charge in [0.1, 0.15) is 0 Å². The second-order valence-corrected chi connectivity index (χ2v) is 3.44. The summed E-state index contributed by atoms with van der Waals surface area (Å²) in [5.41, 5.74) is 0. The molecule has 4 heteroatoms. The second-order valence-electron chi connectivity index (χ2n) is 3.13. The van der Waals surface area contributed by atoms with Crippen molar-refractivity contribution in [2.45, 2.75) is 18.9 Å². The average molecular weight is 188 g/mol. The summed E-state index contributed by atoms with van der Waals surface area (Å²) in [6, 6.07) is 0.475. The lowest BCUT2D eigenvalue weighted by Crippen LogP contribution is -2.47. The smallest absolute Gasteiger partial charge is 0.232 e. The highest BCUT2D eigenvalue weighted by atomic mass is 32.1. The molecule has 70 valence electrons. The molecule has 0 saturated carbocycles. The van der Waals surface area contributed by atoms with Gasteiger partial charge in [-0.3, -0.25) is 4.79 Å². The maximum atomic E-state index is 11.3. The molecule has 0 aromatic heterocycles. The van der Waals surface area contributed by atoms with Crippen LogP contribution in [0.15, 0.2) is 0 Å². The SMILES string of the molecule is CNC1CCCN(C(=O)CS)C1. The number of nitrogens with zero attached hydrogens (tertiary/aromatic N) is 1. The summed E-state index contributed by atoms with van der Waals surface area (Å²) in [6.07, 6.45) is 2.28. The van der Waals surface area contributed by atoms with E-state index in [0.29, 0.717) is 11.8 Å². The zero-order valence-corrected chi connectivity index (χ0v) is 8.31. The van der Waals surface area contributed by atoms with Crippen molar-refractivity contribution in [2.75, 3.05) is 25.9 Å². The molecule has 1 N–H and O–H groups in total. The largest absolute Gasteiger partial charge is 0.340 e. The van der Waals surface area contributed by atoms with Gasteiger partial charge < -0.3 is 10.2 Å². The minimum Gasteiger partial charge on any atom is -0.340 e. The quantitative estimate of drug-likeness (QED) is 0.604. The highest BCUT2D eigenvalue weighted by Crippen LogP contribution is 2.09. The molecule has 1 rings (SSSR count). The van der Waals surface area contributed by atoms with Crippen LogP contribution in [0, 0.1) is 0 Å². The standard InChI is InChI=1S/C8H16N2OS/c1-9-7-3-2-4-10(5-7)8(11)6-12/h7,9,12H,2-6H2,1H3. The number of likely N-dealkylation sites (N-methyl/N-ethyl adjacent to an activating group) is 1. The summed E-state index contributed by atoms with van der Waals surface area (Å²) < 4.78 is 0. The molecule has 0 radical (unpaired) electrons. The van der Waals surface area contributed by atoms with E-state index in [2.05, 4.69) is 17.9 Å². The van der Waals surface area contributed by atoms with E-state index in [4.69, 9.17) is 0 Å². The minimum atomic E-state index is 0.151. The Morgan fingerprint density at radius 2 is 2.50 bits per heavy atom. The first kappa shape index (κ1) is 9.86. The van der Waals surface area contributed by atoms with Crippen LogP contribution < -0.4 is 5.32 Å². The monoisotopic (exact) mass is 188 g/mol. The van der Waals surface area contributed by atoms with Gasteiger partial charge in [-0.2, -0.15) is 12.6 Å². The molecule has 1 fully saturated rings. The highest BCUT2D eigenvalue weighted by molar-refractivity contribution is 7.81. The topological polar surface area (TPSA) is 32.3 Å². The molecule has 1 heterocycles. The Bertz CT molecular complexity index is 163. The first-order chi connectivity index (χ1) is 5.77. The molecule has 0 aromatic carbocycles. The van der Waals surface area contributed by atoms with Gasteiger partial charge in [-0.1, -0.05) is 0 Å².